The second kappa shape index (κ2) is 3.81. The van der Waals surface area contributed by atoms with E-state index < -0.39 is 20.7 Å². The standard InChI is InChI=1S/C10H20O3S/c1-10(2,14(3,12)13)9(11)8-6-4-5-7-8/h8-9,11H,4-7H2,1-3H3. The molecule has 1 aliphatic rings. The molecular formula is C10H20O3S. The van der Waals surface area contributed by atoms with Crippen LogP contribution in [-0.2, 0) is 9.84 Å². The lowest BCUT2D eigenvalue weighted by Crippen LogP contribution is -2.46. The Labute approximate surface area is 86.4 Å². The van der Waals surface area contributed by atoms with Gasteiger partial charge < -0.3 is 5.11 Å². The number of sulfone groups is 1. The molecule has 1 rings (SSSR count). The van der Waals surface area contributed by atoms with Gasteiger partial charge in [-0.3, -0.25) is 0 Å². The van der Waals surface area contributed by atoms with Gasteiger partial charge in [-0.05, 0) is 32.6 Å². The number of rotatable bonds is 3. The van der Waals surface area contributed by atoms with Crippen molar-refractivity contribution in [1.29, 1.82) is 0 Å². The van der Waals surface area contributed by atoms with Crippen molar-refractivity contribution in [2.75, 3.05) is 6.26 Å². The van der Waals surface area contributed by atoms with Crippen LogP contribution in [0.2, 0.25) is 0 Å². The van der Waals surface area contributed by atoms with Crippen molar-refractivity contribution < 1.29 is 13.5 Å². The Bertz CT molecular complexity index is 286. The molecule has 1 aliphatic carbocycles. The SMILES string of the molecule is CC(C)(C(O)C1CCCC1)S(C)(=O)=O. The summed E-state index contributed by atoms with van der Waals surface area (Å²) in [6.45, 7) is 3.23. The fraction of sp³-hybridized carbons (Fsp3) is 1.00. The minimum absolute atomic E-state index is 0.166. The maximum atomic E-state index is 11.5. The van der Waals surface area contributed by atoms with Crippen molar-refractivity contribution in [2.24, 2.45) is 5.92 Å². The van der Waals surface area contributed by atoms with E-state index in [1.54, 1.807) is 13.8 Å². The second-order valence-corrected chi connectivity index (χ2v) is 7.46. The molecule has 0 heterocycles. The Morgan fingerprint density at radius 3 is 2.07 bits per heavy atom. The van der Waals surface area contributed by atoms with Crippen LogP contribution in [0.4, 0.5) is 0 Å². The lowest BCUT2D eigenvalue weighted by molar-refractivity contribution is 0.0787. The van der Waals surface area contributed by atoms with Gasteiger partial charge in [-0.15, -0.1) is 0 Å². The Kier molecular flexibility index (Phi) is 3.26. The average Bonchev–Trinajstić information content (AvgIpc) is 2.52. The van der Waals surface area contributed by atoms with Gasteiger partial charge in [0.25, 0.3) is 0 Å². The van der Waals surface area contributed by atoms with Gasteiger partial charge in [0.05, 0.1) is 10.9 Å². The van der Waals surface area contributed by atoms with E-state index in [1.165, 1.54) is 6.26 Å². The molecule has 0 spiro atoms. The van der Waals surface area contributed by atoms with Gasteiger partial charge in [-0.25, -0.2) is 8.42 Å². The van der Waals surface area contributed by atoms with E-state index in [4.69, 9.17) is 0 Å². The number of hydrogen-bond donors (Lipinski definition) is 1. The van der Waals surface area contributed by atoms with E-state index in [2.05, 4.69) is 0 Å². The number of hydrogen-bond acceptors (Lipinski definition) is 3. The average molecular weight is 220 g/mol. The zero-order valence-electron chi connectivity index (χ0n) is 9.16. The van der Waals surface area contributed by atoms with Gasteiger partial charge in [-0.1, -0.05) is 12.8 Å². The zero-order valence-corrected chi connectivity index (χ0v) is 9.97. The molecule has 3 nitrogen and oxygen atoms in total. The van der Waals surface area contributed by atoms with Crippen molar-refractivity contribution in [3.8, 4) is 0 Å². The van der Waals surface area contributed by atoms with Gasteiger partial charge in [0.15, 0.2) is 9.84 Å². The highest BCUT2D eigenvalue weighted by Gasteiger charge is 2.42. The molecule has 1 fully saturated rings. The van der Waals surface area contributed by atoms with Gasteiger partial charge in [0.2, 0.25) is 0 Å². The normalized spacial score (nSPS) is 22.6. The quantitative estimate of drug-likeness (QED) is 0.781. The van der Waals surface area contributed by atoms with E-state index in [9.17, 15) is 13.5 Å². The minimum atomic E-state index is -3.19. The topological polar surface area (TPSA) is 54.4 Å². The van der Waals surface area contributed by atoms with E-state index in [0.29, 0.717) is 0 Å². The molecule has 1 unspecified atom stereocenters. The molecule has 0 radical (unpaired) electrons. The molecule has 0 aromatic carbocycles. The van der Waals surface area contributed by atoms with Crippen LogP contribution in [0.1, 0.15) is 39.5 Å². The molecule has 14 heavy (non-hydrogen) atoms. The summed E-state index contributed by atoms with van der Waals surface area (Å²) in [7, 11) is -3.19. The number of aliphatic hydroxyl groups excluding tert-OH is 1. The van der Waals surface area contributed by atoms with E-state index in [1.807, 2.05) is 0 Å². The second-order valence-electron chi connectivity index (χ2n) is 4.86. The maximum absolute atomic E-state index is 11.5. The monoisotopic (exact) mass is 220 g/mol. The predicted molar refractivity (Wildman–Crippen MR) is 56.9 cm³/mol. The van der Waals surface area contributed by atoms with E-state index >= 15 is 0 Å². The molecule has 0 bridgehead atoms. The molecule has 0 aromatic heterocycles. The van der Waals surface area contributed by atoms with E-state index in [-0.39, 0.29) is 5.92 Å². The smallest absolute Gasteiger partial charge is 0.155 e. The molecular weight excluding hydrogens is 200 g/mol. The van der Waals surface area contributed by atoms with Crippen molar-refractivity contribution in [3.63, 3.8) is 0 Å². The molecule has 1 N–H and O–H groups in total. The first-order chi connectivity index (χ1) is 6.27. The molecule has 0 aromatic rings. The van der Waals surface area contributed by atoms with Crippen LogP contribution in [0.25, 0.3) is 0 Å². The largest absolute Gasteiger partial charge is 0.391 e. The van der Waals surface area contributed by atoms with Crippen LogP contribution in [0, 0.1) is 5.92 Å². The molecule has 1 saturated carbocycles. The summed E-state index contributed by atoms with van der Waals surface area (Å²) in [5.41, 5.74) is 0. The summed E-state index contributed by atoms with van der Waals surface area (Å²) in [6, 6.07) is 0. The van der Waals surface area contributed by atoms with Crippen molar-refractivity contribution in [3.05, 3.63) is 0 Å². The molecule has 0 amide bonds. The van der Waals surface area contributed by atoms with E-state index in [0.717, 1.165) is 25.7 Å². The van der Waals surface area contributed by atoms with Crippen LogP contribution in [0.3, 0.4) is 0 Å². The van der Waals surface area contributed by atoms with Crippen LogP contribution in [-0.4, -0.2) is 30.6 Å². The van der Waals surface area contributed by atoms with Crippen molar-refractivity contribution in [2.45, 2.75) is 50.4 Å². The Hall–Kier alpha value is -0.0900. The first-order valence-electron chi connectivity index (χ1n) is 5.14. The first-order valence-corrected chi connectivity index (χ1v) is 7.03. The Morgan fingerprint density at radius 2 is 1.71 bits per heavy atom. The summed E-state index contributed by atoms with van der Waals surface area (Å²) in [6.07, 6.45) is 4.62. The predicted octanol–water partition coefficient (Wildman–Crippen LogP) is 1.36. The van der Waals surface area contributed by atoms with Crippen molar-refractivity contribution >= 4 is 9.84 Å². The van der Waals surface area contributed by atoms with Crippen LogP contribution in [0.15, 0.2) is 0 Å². The first kappa shape index (κ1) is 12.0. The Balaban J connectivity index is 2.81. The zero-order chi connectivity index (χ0) is 11.0. The molecule has 84 valence electrons. The molecule has 0 aliphatic heterocycles. The minimum Gasteiger partial charge on any atom is -0.391 e. The molecule has 4 heteroatoms. The highest BCUT2D eigenvalue weighted by atomic mass is 32.2. The summed E-state index contributed by atoms with van der Waals surface area (Å²) in [5.74, 6) is 0.166. The maximum Gasteiger partial charge on any atom is 0.155 e. The Morgan fingerprint density at radius 1 is 1.29 bits per heavy atom. The molecule has 1 atom stereocenters. The lowest BCUT2D eigenvalue weighted by Gasteiger charge is -2.32. The van der Waals surface area contributed by atoms with Gasteiger partial charge >= 0.3 is 0 Å². The van der Waals surface area contributed by atoms with Crippen LogP contribution < -0.4 is 0 Å². The summed E-state index contributed by atoms with van der Waals surface area (Å²) < 4.78 is 22.0. The summed E-state index contributed by atoms with van der Waals surface area (Å²) in [4.78, 5) is 0. The molecule has 0 saturated heterocycles. The number of aliphatic hydroxyl groups is 1. The summed E-state index contributed by atoms with van der Waals surface area (Å²) in [5, 5.41) is 10.0. The van der Waals surface area contributed by atoms with Crippen LogP contribution in [0.5, 0.6) is 0 Å². The highest BCUT2D eigenvalue weighted by Crippen LogP contribution is 2.35. The van der Waals surface area contributed by atoms with Gasteiger partial charge in [0, 0.05) is 6.26 Å². The summed E-state index contributed by atoms with van der Waals surface area (Å²) >= 11 is 0. The van der Waals surface area contributed by atoms with Crippen LogP contribution >= 0.6 is 0 Å². The van der Waals surface area contributed by atoms with Gasteiger partial charge in [0.1, 0.15) is 0 Å². The van der Waals surface area contributed by atoms with Gasteiger partial charge in [-0.2, -0.15) is 0 Å². The van der Waals surface area contributed by atoms with Crippen molar-refractivity contribution in [1.82, 2.24) is 0 Å². The third-order valence-electron chi connectivity index (χ3n) is 3.51. The fourth-order valence-corrected chi connectivity index (χ4v) is 2.69. The third kappa shape index (κ3) is 2.11. The third-order valence-corrected chi connectivity index (χ3v) is 5.67. The fourth-order valence-electron chi connectivity index (χ4n) is 2.06. The highest BCUT2D eigenvalue weighted by molar-refractivity contribution is 7.92. The lowest BCUT2D eigenvalue weighted by atomic mass is 9.91.